The van der Waals surface area contributed by atoms with E-state index in [-0.39, 0.29) is 28.7 Å². The summed E-state index contributed by atoms with van der Waals surface area (Å²) < 4.78 is 4.93. The van der Waals surface area contributed by atoms with Gasteiger partial charge < -0.3 is 20.1 Å². The molecule has 4 unspecified atom stereocenters. The molecule has 0 aliphatic heterocycles. The molecule has 3 N–H and O–H groups in total. The Balaban J connectivity index is 2.19. The van der Waals surface area contributed by atoms with E-state index in [0.717, 1.165) is 12.8 Å². The van der Waals surface area contributed by atoms with Gasteiger partial charge in [0.15, 0.2) is 0 Å². The monoisotopic (exact) mass is 406 g/mol. The maximum atomic E-state index is 13.2. The summed E-state index contributed by atoms with van der Waals surface area (Å²) in [6.45, 7) is 8.44. The van der Waals surface area contributed by atoms with E-state index in [1.165, 1.54) is 6.92 Å². The van der Waals surface area contributed by atoms with Crippen LogP contribution in [0.25, 0.3) is 0 Å². The molecule has 0 saturated heterocycles. The van der Waals surface area contributed by atoms with Crippen LogP contribution in [0.1, 0.15) is 53.9 Å². The van der Waals surface area contributed by atoms with Crippen molar-refractivity contribution in [3.8, 4) is 0 Å². The number of Topliss-reactive ketones (excluding diaryl/α,β-unsaturated/α-hetero) is 2. The Bertz CT molecular complexity index is 834. The third-order valence-electron chi connectivity index (χ3n) is 7.06. The molecule has 0 aromatic carbocycles. The van der Waals surface area contributed by atoms with Gasteiger partial charge in [-0.2, -0.15) is 0 Å². The molecule has 0 bridgehead atoms. The molecule has 1 saturated carbocycles. The number of aliphatic hydroxyl groups excluding tert-OH is 3. The van der Waals surface area contributed by atoms with Gasteiger partial charge in [-0.05, 0) is 18.3 Å². The van der Waals surface area contributed by atoms with E-state index in [9.17, 15) is 29.7 Å². The molecule has 1 fully saturated rings. The second kappa shape index (κ2) is 7.06. The summed E-state index contributed by atoms with van der Waals surface area (Å²) in [7, 11) is 0. The van der Waals surface area contributed by atoms with Crippen molar-refractivity contribution in [2.75, 3.05) is 6.61 Å². The van der Waals surface area contributed by atoms with Gasteiger partial charge in [0.2, 0.25) is 11.6 Å². The largest absolute Gasteiger partial charge is 0.507 e. The summed E-state index contributed by atoms with van der Waals surface area (Å²) in [5, 5.41) is 32.8. The van der Waals surface area contributed by atoms with Crippen molar-refractivity contribution in [3.63, 3.8) is 0 Å². The van der Waals surface area contributed by atoms with Gasteiger partial charge in [-0.3, -0.25) is 14.4 Å². The number of fused-ring (bicyclic) bond motifs is 2. The number of rotatable bonds is 3. The minimum Gasteiger partial charge on any atom is -0.507 e. The van der Waals surface area contributed by atoms with Crippen molar-refractivity contribution < 1.29 is 34.4 Å². The standard InChI is InChI=1S/C22H30O7/c1-10(9-29-11(2)23)12-15(24)13-14(18(27)16(12)25)22(5)8-6-7-21(3,4)20(22)19(28)17(13)26/h10,17,19-20,24,26,28H,6-9H2,1-5H3/t10?,17?,19?,20?,22-/m1/s1. The molecule has 7 heteroatoms. The number of ketones is 2. The molecule has 0 spiro atoms. The smallest absolute Gasteiger partial charge is 0.302 e. The molecule has 0 radical (unpaired) electrons. The maximum Gasteiger partial charge on any atom is 0.302 e. The fourth-order valence-corrected chi connectivity index (χ4v) is 5.92. The Morgan fingerprint density at radius 3 is 2.38 bits per heavy atom. The number of ether oxygens (including phenoxy) is 1. The van der Waals surface area contributed by atoms with Gasteiger partial charge in [0.25, 0.3) is 0 Å². The molecule has 0 aromatic rings. The zero-order chi connectivity index (χ0) is 21.9. The highest BCUT2D eigenvalue weighted by Gasteiger charge is 2.61. The molecular weight excluding hydrogens is 376 g/mol. The molecule has 0 heterocycles. The summed E-state index contributed by atoms with van der Waals surface area (Å²) in [5.41, 5.74) is -1.29. The van der Waals surface area contributed by atoms with Crippen molar-refractivity contribution in [1.29, 1.82) is 0 Å². The van der Waals surface area contributed by atoms with E-state index in [4.69, 9.17) is 4.74 Å². The second-order valence-electron chi connectivity index (χ2n) is 9.59. The number of aliphatic hydroxyl groups is 3. The van der Waals surface area contributed by atoms with E-state index in [1.807, 2.05) is 20.8 Å². The van der Waals surface area contributed by atoms with Crippen molar-refractivity contribution in [1.82, 2.24) is 0 Å². The van der Waals surface area contributed by atoms with Gasteiger partial charge in [0.05, 0.1) is 18.3 Å². The molecule has 3 aliphatic rings. The molecule has 160 valence electrons. The normalized spacial score (nSPS) is 35.2. The van der Waals surface area contributed by atoms with Gasteiger partial charge in [0.1, 0.15) is 11.9 Å². The van der Waals surface area contributed by atoms with Crippen LogP contribution in [-0.4, -0.2) is 51.7 Å². The van der Waals surface area contributed by atoms with E-state index < -0.39 is 52.8 Å². The molecule has 3 aliphatic carbocycles. The number of carbonyl (C=O) groups is 3. The maximum absolute atomic E-state index is 13.2. The van der Waals surface area contributed by atoms with Gasteiger partial charge in [-0.25, -0.2) is 0 Å². The van der Waals surface area contributed by atoms with Crippen molar-refractivity contribution >= 4 is 17.5 Å². The average molecular weight is 406 g/mol. The first-order valence-corrected chi connectivity index (χ1v) is 10.1. The Morgan fingerprint density at radius 2 is 1.79 bits per heavy atom. The quantitative estimate of drug-likeness (QED) is 0.372. The van der Waals surface area contributed by atoms with Crippen molar-refractivity contribution in [3.05, 3.63) is 22.5 Å². The zero-order valence-electron chi connectivity index (χ0n) is 17.6. The summed E-state index contributed by atoms with van der Waals surface area (Å²) >= 11 is 0. The predicted molar refractivity (Wildman–Crippen MR) is 104 cm³/mol. The Kier molecular flexibility index (Phi) is 5.28. The lowest BCUT2D eigenvalue weighted by Gasteiger charge is -2.57. The Hall–Kier alpha value is -1.99. The highest BCUT2D eigenvalue weighted by molar-refractivity contribution is 6.50. The molecule has 5 atom stereocenters. The molecule has 0 aromatic heterocycles. The summed E-state index contributed by atoms with van der Waals surface area (Å²) in [4.78, 5) is 37.3. The van der Waals surface area contributed by atoms with E-state index in [1.54, 1.807) is 6.92 Å². The third-order valence-corrected chi connectivity index (χ3v) is 7.06. The topological polar surface area (TPSA) is 121 Å². The molecule has 29 heavy (non-hydrogen) atoms. The number of hydrogen-bond donors (Lipinski definition) is 3. The van der Waals surface area contributed by atoms with Gasteiger partial charge >= 0.3 is 5.97 Å². The summed E-state index contributed by atoms with van der Waals surface area (Å²) in [6.07, 6.45) is -0.445. The van der Waals surface area contributed by atoms with Gasteiger partial charge in [0, 0.05) is 35.3 Å². The first-order chi connectivity index (χ1) is 13.3. The number of hydrogen-bond acceptors (Lipinski definition) is 7. The zero-order valence-corrected chi connectivity index (χ0v) is 17.6. The van der Waals surface area contributed by atoms with E-state index in [2.05, 4.69) is 0 Å². The van der Waals surface area contributed by atoms with Crippen LogP contribution in [0, 0.1) is 22.7 Å². The van der Waals surface area contributed by atoms with Crippen molar-refractivity contribution in [2.24, 2.45) is 22.7 Å². The Morgan fingerprint density at radius 1 is 1.17 bits per heavy atom. The minimum atomic E-state index is -1.48. The van der Waals surface area contributed by atoms with E-state index in [0.29, 0.717) is 6.42 Å². The third kappa shape index (κ3) is 3.15. The SMILES string of the molecule is CC(=O)OCC(C)C1=C(O)C2=C(C(=O)C1=O)[C@@]1(C)CCCC(C)(C)C1C(O)C2O. The second-order valence-corrected chi connectivity index (χ2v) is 9.59. The number of allylic oxidation sites excluding steroid dienone is 1. The van der Waals surface area contributed by atoms with Gasteiger partial charge in [-0.1, -0.05) is 34.1 Å². The lowest BCUT2D eigenvalue weighted by atomic mass is 9.47. The molecule has 7 nitrogen and oxygen atoms in total. The number of esters is 1. The fourth-order valence-electron chi connectivity index (χ4n) is 5.92. The van der Waals surface area contributed by atoms with E-state index >= 15 is 0 Å². The van der Waals surface area contributed by atoms with Gasteiger partial charge in [-0.15, -0.1) is 0 Å². The average Bonchev–Trinajstić information content (AvgIpc) is 2.60. The van der Waals surface area contributed by atoms with Crippen LogP contribution in [0.2, 0.25) is 0 Å². The molecule has 0 amide bonds. The highest BCUT2D eigenvalue weighted by Crippen LogP contribution is 2.61. The summed E-state index contributed by atoms with van der Waals surface area (Å²) in [5.74, 6) is -3.77. The predicted octanol–water partition coefficient (Wildman–Crippen LogP) is 2.01. The lowest BCUT2D eigenvalue weighted by molar-refractivity contribution is -0.143. The first kappa shape index (κ1) is 21.7. The van der Waals surface area contributed by atoms with Crippen molar-refractivity contribution in [2.45, 2.75) is 66.1 Å². The van der Waals surface area contributed by atoms with Crippen LogP contribution >= 0.6 is 0 Å². The minimum absolute atomic E-state index is 0.0526. The van der Waals surface area contributed by atoms with Crippen LogP contribution in [0.5, 0.6) is 0 Å². The van der Waals surface area contributed by atoms with Crippen LogP contribution in [0.4, 0.5) is 0 Å². The fraction of sp³-hybridized carbons (Fsp3) is 0.682. The Labute approximate surface area is 170 Å². The van der Waals surface area contributed by atoms with Crippen LogP contribution in [0.3, 0.4) is 0 Å². The van der Waals surface area contributed by atoms with Crippen LogP contribution in [-0.2, 0) is 19.1 Å². The lowest BCUT2D eigenvalue weighted by Crippen LogP contribution is -2.59. The van der Waals surface area contributed by atoms with Crippen LogP contribution < -0.4 is 0 Å². The highest BCUT2D eigenvalue weighted by atomic mass is 16.5. The van der Waals surface area contributed by atoms with Crippen LogP contribution in [0.15, 0.2) is 22.5 Å². The summed E-state index contributed by atoms with van der Waals surface area (Å²) in [6, 6.07) is 0. The molecule has 3 rings (SSSR count). The molecular formula is C22H30O7. The number of carbonyl (C=O) groups excluding carboxylic acids is 3. The first-order valence-electron chi connectivity index (χ1n) is 10.1.